The number of hydrogen-bond donors (Lipinski definition) is 1. The Kier molecular flexibility index (Phi) is 3.25. The van der Waals surface area contributed by atoms with Gasteiger partial charge in [-0.2, -0.15) is 0 Å². The molecule has 0 saturated carbocycles. The van der Waals surface area contributed by atoms with Crippen LogP contribution in [-0.2, 0) is 0 Å². The van der Waals surface area contributed by atoms with Gasteiger partial charge in [0.2, 0.25) is 0 Å². The molecule has 1 aromatic carbocycles. The molecule has 1 atom stereocenters. The van der Waals surface area contributed by atoms with Gasteiger partial charge >= 0.3 is 0 Å². The highest BCUT2D eigenvalue weighted by Crippen LogP contribution is 2.18. The van der Waals surface area contributed by atoms with Gasteiger partial charge in [-0.25, -0.2) is 4.39 Å². The molecule has 2 nitrogen and oxygen atoms in total. The third-order valence-electron chi connectivity index (χ3n) is 2.48. The highest BCUT2D eigenvalue weighted by Gasteiger charge is 2.29. The van der Waals surface area contributed by atoms with Crippen LogP contribution in [0.3, 0.4) is 0 Å². The number of benzene rings is 1. The Morgan fingerprint density at radius 2 is 2.07 bits per heavy atom. The van der Waals surface area contributed by atoms with Crippen LogP contribution in [0.1, 0.15) is 36.2 Å². The molecule has 0 bridgehead atoms. The molecule has 0 fully saturated rings. The molecule has 0 aliphatic carbocycles. The minimum atomic E-state index is -1.42. The Labute approximate surface area is 88.7 Å². The molecule has 1 rings (SSSR count). The van der Waals surface area contributed by atoms with E-state index in [0.29, 0.717) is 12.0 Å². The average molecular weight is 210 g/mol. The van der Waals surface area contributed by atoms with E-state index in [1.807, 2.05) is 0 Å². The number of aryl methyl sites for hydroxylation is 1. The van der Waals surface area contributed by atoms with Gasteiger partial charge in [0.25, 0.3) is 0 Å². The summed E-state index contributed by atoms with van der Waals surface area (Å²) in [7, 11) is 0. The van der Waals surface area contributed by atoms with Crippen molar-refractivity contribution in [1.29, 1.82) is 0 Å². The molecule has 0 radical (unpaired) electrons. The minimum Gasteiger partial charge on any atom is -0.382 e. The van der Waals surface area contributed by atoms with Crippen LogP contribution < -0.4 is 0 Å². The van der Waals surface area contributed by atoms with Crippen molar-refractivity contribution in [2.24, 2.45) is 0 Å². The number of carbonyl (C=O) groups excluding carboxylic acids is 1. The number of halogens is 1. The van der Waals surface area contributed by atoms with Crippen LogP contribution in [0.4, 0.5) is 4.39 Å². The third-order valence-corrected chi connectivity index (χ3v) is 2.48. The number of carbonyl (C=O) groups is 1. The molecule has 0 saturated heterocycles. The van der Waals surface area contributed by atoms with Crippen LogP contribution in [0, 0.1) is 12.7 Å². The minimum absolute atomic E-state index is 0.222. The molecule has 1 unspecified atom stereocenters. The summed E-state index contributed by atoms with van der Waals surface area (Å²) in [6, 6.07) is 4.08. The molecule has 1 aromatic rings. The monoisotopic (exact) mass is 210 g/mol. The standard InChI is InChI=1S/C12H15FO2/c1-4-12(3,15)11(14)9-5-8(2)6-10(13)7-9/h5-7,15H,4H2,1-3H3. The van der Waals surface area contributed by atoms with E-state index in [-0.39, 0.29) is 5.56 Å². The molecule has 15 heavy (non-hydrogen) atoms. The van der Waals surface area contributed by atoms with Gasteiger partial charge in [-0.05, 0) is 44.0 Å². The summed E-state index contributed by atoms with van der Waals surface area (Å²) in [4.78, 5) is 11.8. The summed E-state index contributed by atoms with van der Waals surface area (Å²) in [5, 5.41) is 9.75. The first-order valence-corrected chi connectivity index (χ1v) is 4.91. The maximum absolute atomic E-state index is 13.0. The highest BCUT2D eigenvalue weighted by atomic mass is 19.1. The van der Waals surface area contributed by atoms with E-state index in [4.69, 9.17) is 0 Å². The van der Waals surface area contributed by atoms with E-state index in [0.717, 1.165) is 6.07 Å². The summed E-state index contributed by atoms with van der Waals surface area (Å²) in [6.07, 6.45) is 0.307. The van der Waals surface area contributed by atoms with Crippen LogP contribution in [0.25, 0.3) is 0 Å². The van der Waals surface area contributed by atoms with Gasteiger partial charge in [0.1, 0.15) is 11.4 Å². The number of hydrogen-bond acceptors (Lipinski definition) is 2. The smallest absolute Gasteiger partial charge is 0.194 e. The van der Waals surface area contributed by atoms with Crippen molar-refractivity contribution in [1.82, 2.24) is 0 Å². The number of aliphatic hydroxyl groups is 1. The van der Waals surface area contributed by atoms with E-state index < -0.39 is 17.2 Å². The quantitative estimate of drug-likeness (QED) is 0.778. The first kappa shape index (κ1) is 11.9. The van der Waals surface area contributed by atoms with E-state index in [1.54, 1.807) is 19.9 Å². The lowest BCUT2D eigenvalue weighted by molar-refractivity contribution is 0.0390. The number of rotatable bonds is 3. The molecule has 0 aliphatic heterocycles. The van der Waals surface area contributed by atoms with Gasteiger partial charge in [0, 0.05) is 5.56 Å². The normalized spacial score (nSPS) is 14.7. The SMILES string of the molecule is CCC(C)(O)C(=O)c1cc(C)cc(F)c1. The lowest BCUT2D eigenvalue weighted by atomic mass is 9.92. The number of Topliss-reactive ketones (excluding diaryl/α,β-unsaturated/α-hetero) is 1. The van der Waals surface area contributed by atoms with Gasteiger partial charge < -0.3 is 5.11 Å². The fourth-order valence-electron chi connectivity index (χ4n) is 1.34. The summed E-state index contributed by atoms with van der Waals surface area (Å²) >= 11 is 0. The van der Waals surface area contributed by atoms with E-state index in [9.17, 15) is 14.3 Å². The van der Waals surface area contributed by atoms with Gasteiger partial charge in [0.05, 0.1) is 0 Å². The molecule has 0 spiro atoms. The first-order chi connectivity index (χ1) is 6.86. The van der Waals surface area contributed by atoms with Crippen LogP contribution in [-0.4, -0.2) is 16.5 Å². The zero-order chi connectivity index (χ0) is 11.6. The van der Waals surface area contributed by atoms with Crippen molar-refractivity contribution >= 4 is 5.78 Å². The van der Waals surface area contributed by atoms with Crippen molar-refractivity contribution in [3.63, 3.8) is 0 Å². The van der Waals surface area contributed by atoms with Crippen molar-refractivity contribution in [3.05, 3.63) is 35.1 Å². The zero-order valence-electron chi connectivity index (χ0n) is 9.17. The lowest BCUT2D eigenvalue weighted by Gasteiger charge is -2.19. The molecule has 0 aliphatic rings. The molecule has 0 heterocycles. The van der Waals surface area contributed by atoms with Crippen LogP contribution in [0.15, 0.2) is 18.2 Å². The zero-order valence-corrected chi connectivity index (χ0v) is 9.17. The largest absolute Gasteiger partial charge is 0.382 e. The third kappa shape index (κ3) is 2.63. The second-order valence-electron chi connectivity index (χ2n) is 3.97. The van der Waals surface area contributed by atoms with Crippen molar-refractivity contribution in [2.45, 2.75) is 32.8 Å². The number of ketones is 1. The van der Waals surface area contributed by atoms with Crippen LogP contribution in [0.5, 0.6) is 0 Å². The molecule has 1 N–H and O–H groups in total. The summed E-state index contributed by atoms with van der Waals surface area (Å²) in [5.41, 5.74) is -0.523. The average Bonchev–Trinajstić information content (AvgIpc) is 2.15. The van der Waals surface area contributed by atoms with Crippen molar-refractivity contribution in [3.8, 4) is 0 Å². The lowest BCUT2D eigenvalue weighted by Crippen LogP contribution is -2.34. The predicted octanol–water partition coefficient (Wildman–Crippen LogP) is 2.48. The van der Waals surface area contributed by atoms with Crippen molar-refractivity contribution in [2.75, 3.05) is 0 Å². The topological polar surface area (TPSA) is 37.3 Å². The fraction of sp³-hybridized carbons (Fsp3) is 0.417. The van der Waals surface area contributed by atoms with Gasteiger partial charge in [-0.3, -0.25) is 4.79 Å². The molecule has 0 amide bonds. The summed E-state index contributed by atoms with van der Waals surface area (Å²) in [5.74, 6) is -0.891. The second-order valence-corrected chi connectivity index (χ2v) is 3.97. The van der Waals surface area contributed by atoms with E-state index in [1.165, 1.54) is 13.0 Å². The summed E-state index contributed by atoms with van der Waals surface area (Å²) in [6.45, 7) is 4.86. The molecule has 3 heteroatoms. The Balaban J connectivity index is 3.12. The fourth-order valence-corrected chi connectivity index (χ4v) is 1.34. The van der Waals surface area contributed by atoms with E-state index >= 15 is 0 Å². The Bertz CT molecular complexity index is 363. The summed E-state index contributed by atoms with van der Waals surface area (Å²) < 4.78 is 13.0. The maximum atomic E-state index is 13.0. The van der Waals surface area contributed by atoms with Gasteiger partial charge in [-0.1, -0.05) is 6.92 Å². The van der Waals surface area contributed by atoms with Crippen molar-refractivity contribution < 1.29 is 14.3 Å². The molecule has 0 aromatic heterocycles. The highest BCUT2D eigenvalue weighted by molar-refractivity contribution is 6.02. The molecule has 82 valence electrons. The molecular weight excluding hydrogens is 195 g/mol. The van der Waals surface area contributed by atoms with Crippen LogP contribution in [0.2, 0.25) is 0 Å². The van der Waals surface area contributed by atoms with Crippen LogP contribution >= 0.6 is 0 Å². The Hall–Kier alpha value is -1.22. The van der Waals surface area contributed by atoms with Gasteiger partial charge in [-0.15, -0.1) is 0 Å². The van der Waals surface area contributed by atoms with Gasteiger partial charge in [0.15, 0.2) is 5.78 Å². The molecular formula is C12H15FO2. The predicted molar refractivity (Wildman–Crippen MR) is 56.4 cm³/mol. The second kappa shape index (κ2) is 4.11. The maximum Gasteiger partial charge on any atom is 0.194 e. The first-order valence-electron chi connectivity index (χ1n) is 4.91. The van der Waals surface area contributed by atoms with E-state index in [2.05, 4.69) is 0 Å². The Morgan fingerprint density at radius 3 is 2.53 bits per heavy atom. The Morgan fingerprint density at radius 1 is 1.47 bits per heavy atom.